The van der Waals surface area contributed by atoms with Crippen LogP contribution >= 0.6 is 0 Å². The highest BCUT2D eigenvalue weighted by Crippen LogP contribution is 2.31. The van der Waals surface area contributed by atoms with Crippen LogP contribution in [-0.2, 0) is 16.1 Å². The molecule has 1 aliphatic rings. The predicted octanol–water partition coefficient (Wildman–Crippen LogP) is 0.537. The molecule has 0 aliphatic carbocycles. The molecular weight excluding hydrogens is 336 g/mol. The fraction of sp³-hybridized carbons (Fsp3) is 0.632. The standard InChI is InChI=1S/C19H30N2O5/c1-19(18(24)20-8-10-22)7-2-9-21(19)15-16-3-5-17(6-4-16)26-14-13-25-12-11-23/h3-6,22-23H,2,7-15H2,1H3,(H,20,24). The Bertz CT molecular complexity index is 551. The molecule has 1 aromatic carbocycles. The van der Waals surface area contributed by atoms with Gasteiger partial charge in [-0.1, -0.05) is 12.1 Å². The van der Waals surface area contributed by atoms with Crippen LogP contribution in [0.5, 0.6) is 5.75 Å². The summed E-state index contributed by atoms with van der Waals surface area (Å²) in [6.45, 7) is 5.00. The summed E-state index contributed by atoms with van der Waals surface area (Å²) < 4.78 is 10.7. The normalized spacial score (nSPS) is 20.3. The van der Waals surface area contributed by atoms with Gasteiger partial charge < -0.3 is 25.0 Å². The Kier molecular flexibility index (Phi) is 8.31. The molecule has 7 nitrogen and oxygen atoms in total. The van der Waals surface area contributed by atoms with Crippen LogP contribution in [0.3, 0.4) is 0 Å². The lowest BCUT2D eigenvalue weighted by molar-refractivity contribution is -0.131. The van der Waals surface area contributed by atoms with Gasteiger partial charge in [-0.25, -0.2) is 0 Å². The number of hydrogen-bond donors (Lipinski definition) is 3. The molecule has 1 fully saturated rings. The fourth-order valence-electron chi connectivity index (χ4n) is 3.19. The molecule has 1 saturated heterocycles. The van der Waals surface area contributed by atoms with E-state index in [1.807, 2.05) is 31.2 Å². The molecule has 1 unspecified atom stereocenters. The van der Waals surface area contributed by atoms with Crippen LogP contribution in [0.15, 0.2) is 24.3 Å². The molecule has 0 bridgehead atoms. The number of aliphatic hydroxyl groups is 2. The quantitative estimate of drug-likeness (QED) is 0.495. The Balaban J connectivity index is 1.86. The summed E-state index contributed by atoms with van der Waals surface area (Å²) in [7, 11) is 0. The first-order valence-corrected chi connectivity index (χ1v) is 9.14. The number of amides is 1. The monoisotopic (exact) mass is 366 g/mol. The molecule has 1 atom stereocenters. The van der Waals surface area contributed by atoms with Crippen molar-refractivity contribution >= 4 is 5.91 Å². The predicted molar refractivity (Wildman–Crippen MR) is 98.0 cm³/mol. The molecule has 2 rings (SSSR count). The molecule has 1 amide bonds. The van der Waals surface area contributed by atoms with E-state index in [0.29, 0.717) is 26.4 Å². The van der Waals surface area contributed by atoms with E-state index in [4.69, 9.17) is 19.7 Å². The summed E-state index contributed by atoms with van der Waals surface area (Å²) in [5, 5.41) is 20.4. The van der Waals surface area contributed by atoms with E-state index in [1.165, 1.54) is 0 Å². The summed E-state index contributed by atoms with van der Waals surface area (Å²) in [6, 6.07) is 7.85. The molecule has 7 heteroatoms. The third kappa shape index (κ3) is 5.67. The van der Waals surface area contributed by atoms with Gasteiger partial charge in [0.1, 0.15) is 12.4 Å². The lowest BCUT2D eigenvalue weighted by Crippen LogP contribution is -2.53. The Morgan fingerprint density at radius 1 is 1.19 bits per heavy atom. The van der Waals surface area contributed by atoms with E-state index in [2.05, 4.69) is 10.2 Å². The Labute approximate surface area is 154 Å². The minimum Gasteiger partial charge on any atom is -0.491 e. The Morgan fingerprint density at radius 2 is 1.96 bits per heavy atom. The number of likely N-dealkylation sites (tertiary alicyclic amines) is 1. The van der Waals surface area contributed by atoms with Crippen LogP contribution in [0.25, 0.3) is 0 Å². The van der Waals surface area contributed by atoms with Gasteiger partial charge in [-0.3, -0.25) is 9.69 Å². The Morgan fingerprint density at radius 3 is 2.65 bits per heavy atom. The van der Waals surface area contributed by atoms with Gasteiger partial charge in [0.15, 0.2) is 0 Å². The fourth-order valence-corrected chi connectivity index (χ4v) is 3.19. The molecule has 146 valence electrons. The topological polar surface area (TPSA) is 91.3 Å². The van der Waals surface area contributed by atoms with Gasteiger partial charge in [0.2, 0.25) is 5.91 Å². The summed E-state index contributed by atoms with van der Waals surface area (Å²) >= 11 is 0. The molecule has 0 radical (unpaired) electrons. The molecule has 3 N–H and O–H groups in total. The zero-order valence-electron chi connectivity index (χ0n) is 15.4. The van der Waals surface area contributed by atoms with Crippen molar-refractivity contribution in [3.63, 3.8) is 0 Å². The Hall–Kier alpha value is -1.67. The van der Waals surface area contributed by atoms with Crippen molar-refractivity contribution in [2.75, 3.05) is 46.1 Å². The van der Waals surface area contributed by atoms with Crippen LogP contribution in [0, 0.1) is 0 Å². The lowest BCUT2D eigenvalue weighted by atomic mass is 9.97. The number of hydrogen-bond acceptors (Lipinski definition) is 6. The highest BCUT2D eigenvalue weighted by molar-refractivity contribution is 5.86. The van der Waals surface area contributed by atoms with Crippen LogP contribution in [0.1, 0.15) is 25.3 Å². The van der Waals surface area contributed by atoms with Crippen LogP contribution in [0.2, 0.25) is 0 Å². The van der Waals surface area contributed by atoms with Gasteiger partial charge in [0.05, 0.1) is 32.0 Å². The smallest absolute Gasteiger partial charge is 0.240 e. The van der Waals surface area contributed by atoms with E-state index in [9.17, 15) is 4.79 Å². The zero-order chi connectivity index (χ0) is 18.8. The molecule has 0 saturated carbocycles. The first-order chi connectivity index (χ1) is 12.6. The number of carbonyl (C=O) groups is 1. The molecule has 26 heavy (non-hydrogen) atoms. The van der Waals surface area contributed by atoms with E-state index < -0.39 is 5.54 Å². The van der Waals surface area contributed by atoms with Gasteiger partial charge >= 0.3 is 0 Å². The largest absolute Gasteiger partial charge is 0.491 e. The van der Waals surface area contributed by atoms with Gasteiger partial charge in [-0.15, -0.1) is 0 Å². The van der Waals surface area contributed by atoms with E-state index in [0.717, 1.165) is 30.7 Å². The van der Waals surface area contributed by atoms with Crippen molar-refractivity contribution in [2.24, 2.45) is 0 Å². The second-order valence-corrected chi connectivity index (χ2v) is 6.61. The highest BCUT2D eigenvalue weighted by Gasteiger charge is 2.42. The first-order valence-electron chi connectivity index (χ1n) is 9.14. The zero-order valence-corrected chi connectivity index (χ0v) is 15.4. The second-order valence-electron chi connectivity index (χ2n) is 6.61. The third-order valence-electron chi connectivity index (χ3n) is 4.70. The molecular formula is C19H30N2O5. The van der Waals surface area contributed by atoms with Crippen molar-refractivity contribution in [1.82, 2.24) is 10.2 Å². The maximum Gasteiger partial charge on any atom is 0.240 e. The summed E-state index contributed by atoms with van der Waals surface area (Å²) in [6.07, 6.45) is 1.80. The summed E-state index contributed by atoms with van der Waals surface area (Å²) in [5.74, 6) is 0.748. The van der Waals surface area contributed by atoms with Gasteiger partial charge in [0.25, 0.3) is 0 Å². The molecule has 0 aromatic heterocycles. The SMILES string of the molecule is CC1(C(=O)NCCO)CCCN1Cc1ccc(OCCOCCO)cc1. The van der Waals surface area contributed by atoms with Crippen molar-refractivity contribution < 1.29 is 24.5 Å². The summed E-state index contributed by atoms with van der Waals surface area (Å²) in [5.41, 5.74) is 0.589. The van der Waals surface area contributed by atoms with Gasteiger partial charge in [-0.05, 0) is 44.0 Å². The number of carbonyl (C=O) groups excluding carboxylic acids is 1. The summed E-state index contributed by atoms with van der Waals surface area (Å²) in [4.78, 5) is 14.7. The molecule has 0 spiro atoms. The lowest BCUT2D eigenvalue weighted by Gasteiger charge is -2.34. The average molecular weight is 366 g/mol. The van der Waals surface area contributed by atoms with E-state index in [-0.39, 0.29) is 25.7 Å². The number of nitrogens with zero attached hydrogens (tertiary/aromatic N) is 1. The average Bonchev–Trinajstić information content (AvgIpc) is 3.02. The number of nitrogens with one attached hydrogen (secondary N) is 1. The molecule has 1 aromatic rings. The third-order valence-corrected chi connectivity index (χ3v) is 4.70. The second kappa shape index (κ2) is 10.5. The van der Waals surface area contributed by atoms with Crippen molar-refractivity contribution in [3.8, 4) is 5.75 Å². The van der Waals surface area contributed by atoms with Crippen LogP contribution < -0.4 is 10.1 Å². The molecule has 1 heterocycles. The van der Waals surface area contributed by atoms with Gasteiger partial charge in [0, 0.05) is 13.1 Å². The van der Waals surface area contributed by atoms with Gasteiger partial charge in [-0.2, -0.15) is 0 Å². The van der Waals surface area contributed by atoms with Crippen molar-refractivity contribution in [3.05, 3.63) is 29.8 Å². The maximum absolute atomic E-state index is 12.5. The van der Waals surface area contributed by atoms with Crippen LogP contribution in [0.4, 0.5) is 0 Å². The molecule has 1 aliphatic heterocycles. The minimum atomic E-state index is -0.533. The number of rotatable bonds is 11. The van der Waals surface area contributed by atoms with E-state index >= 15 is 0 Å². The minimum absolute atomic E-state index is 0.0160. The van der Waals surface area contributed by atoms with E-state index in [1.54, 1.807) is 0 Å². The number of aliphatic hydroxyl groups excluding tert-OH is 2. The number of ether oxygens (including phenoxy) is 2. The van der Waals surface area contributed by atoms with Crippen molar-refractivity contribution in [2.45, 2.75) is 31.8 Å². The first kappa shape index (κ1) is 20.6. The van der Waals surface area contributed by atoms with Crippen molar-refractivity contribution in [1.29, 1.82) is 0 Å². The highest BCUT2D eigenvalue weighted by atomic mass is 16.5. The maximum atomic E-state index is 12.5. The number of benzene rings is 1. The van der Waals surface area contributed by atoms with Crippen LogP contribution in [-0.4, -0.2) is 72.7 Å².